The van der Waals surface area contributed by atoms with Gasteiger partial charge in [-0.1, -0.05) is 12.1 Å². The molecule has 5 nitrogen and oxygen atoms in total. The van der Waals surface area contributed by atoms with Crippen LogP contribution in [0, 0.1) is 12.7 Å². The Morgan fingerprint density at radius 2 is 1.97 bits per heavy atom. The Hall–Kier alpha value is -3.03. The van der Waals surface area contributed by atoms with Crippen molar-refractivity contribution in [1.82, 2.24) is 9.38 Å². The number of carbonyl (C=O) groups is 1. The van der Waals surface area contributed by atoms with Gasteiger partial charge in [-0.05, 0) is 76.4 Å². The fourth-order valence-corrected chi connectivity index (χ4v) is 3.68. The summed E-state index contributed by atoms with van der Waals surface area (Å²) in [5, 5.41) is 12.3. The van der Waals surface area contributed by atoms with Gasteiger partial charge in [-0.3, -0.25) is 9.20 Å². The standard InChI is InChI=1S/C22H17BrFN3O2/c1-13-4-5-14(11-18(13)22(29)25-16-8-6-15(24)7-9-16)17-3-2-10-27-20(23)19(12-28)26-21(17)27/h2-11,28H,12H2,1H3,(H,25,29). The number of aryl methyl sites for hydroxylation is 1. The highest BCUT2D eigenvalue weighted by Gasteiger charge is 2.16. The molecule has 0 aliphatic rings. The molecule has 0 spiro atoms. The molecule has 7 heteroatoms. The highest BCUT2D eigenvalue weighted by Crippen LogP contribution is 2.30. The van der Waals surface area contributed by atoms with Gasteiger partial charge in [-0.2, -0.15) is 0 Å². The maximum atomic E-state index is 13.1. The van der Waals surface area contributed by atoms with Crippen molar-refractivity contribution in [3.63, 3.8) is 0 Å². The molecule has 146 valence electrons. The molecule has 0 fully saturated rings. The number of carbonyl (C=O) groups excluding carboxylic acids is 1. The van der Waals surface area contributed by atoms with Crippen LogP contribution in [0.5, 0.6) is 0 Å². The Morgan fingerprint density at radius 3 is 2.69 bits per heavy atom. The van der Waals surface area contributed by atoms with Crippen molar-refractivity contribution in [3.8, 4) is 11.1 Å². The molecule has 2 aromatic carbocycles. The van der Waals surface area contributed by atoms with Crippen molar-refractivity contribution in [3.05, 3.63) is 88.0 Å². The first-order chi connectivity index (χ1) is 14.0. The third-order valence-corrected chi connectivity index (χ3v) is 5.54. The van der Waals surface area contributed by atoms with Gasteiger partial charge in [0.2, 0.25) is 0 Å². The van der Waals surface area contributed by atoms with Gasteiger partial charge < -0.3 is 10.4 Å². The lowest BCUT2D eigenvalue weighted by Crippen LogP contribution is -2.13. The maximum absolute atomic E-state index is 13.1. The zero-order valence-electron chi connectivity index (χ0n) is 15.5. The molecule has 2 N–H and O–H groups in total. The number of nitrogens with one attached hydrogen (secondary N) is 1. The van der Waals surface area contributed by atoms with Gasteiger partial charge in [0.15, 0.2) is 0 Å². The van der Waals surface area contributed by atoms with Crippen molar-refractivity contribution < 1.29 is 14.3 Å². The fourth-order valence-electron chi connectivity index (χ4n) is 3.18. The number of benzene rings is 2. The van der Waals surface area contributed by atoms with Crippen LogP contribution in [-0.4, -0.2) is 20.4 Å². The van der Waals surface area contributed by atoms with E-state index in [9.17, 15) is 14.3 Å². The largest absolute Gasteiger partial charge is 0.390 e. The summed E-state index contributed by atoms with van der Waals surface area (Å²) < 4.78 is 15.6. The number of aromatic nitrogens is 2. The van der Waals surface area contributed by atoms with E-state index in [1.54, 1.807) is 0 Å². The number of hydrogen-bond acceptors (Lipinski definition) is 3. The lowest BCUT2D eigenvalue weighted by atomic mass is 10.00. The molecule has 1 amide bonds. The summed E-state index contributed by atoms with van der Waals surface area (Å²) >= 11 is 3.46. The fraction of sp³-hybridized carbons (Fsp3) is 0.0909. The topological polar surface area (TPSA) is 66.6 Å². The number of amides is 1. The van der Waals surface area contributed by atoms with E-state index in [1.807, 2.05) is 47.9 Å². The molecule has 0 radical (unpaired) electrons. The number of halogens is 2. The van der Waals surface area contributed by atoms with E-state index in [-0.39, 0.29) is 18.3 Å². The number of rotatable bonds is 4. The van der Waals surface area contributed by atoms with E-state index in [0.29, 0.717) is 27.2 Å². The van der Waals surface area contributed by atoms with Crippen LogP contribution in [0.15, 0.2) is 65.4 Å². The third-order valence-electron chi connectivity index (χ3n) is 4.70. The molecule has 2 heterocycles. The molecule has 0 saturated heterocycles. The minimum absolute atomic E-state index is 0.180. The second-order valence-electron chi connectivity index (χ2n) is 6.61. The molecule has 0 saturated carbocycles. The van der Waals surface area contributed by atoms with E-state index in [4.69, 9.17) is 0 Å². The lowest BCUT2D eigenvalue weighted by molar-refractivity contribution is 0.102. The second-order valence-corrected chi connectivity index (χ2v) is 7.36. The van der Waals surface area contributed by atoms with Crippen LogP contribution in [0.2, 0.25) is 0 Å². The van der Waals surface area contributed by atoms with E-state index >= 15 is 0 Å². The molecular formula is C22H17BrFN3O2. The first-order valence-electron chi connectivity index (χ1n) is 8.92. The molecule has 0 bridgehead atoms. The summed E-state index contributed by atoms with van der Waals surface area (Å²) in [6.45, 7) is 1.68. The van der Waals surface area contributed by atoms with Crippen molar-refractivity contribution in [1.29, 1.82) is 0 Å². The zero-order valence-corrected chi connectivity index (χ0v) is 17.1. The zero-order chi connectivity index (χ0) is 20.5. The van der Waals surface area contributed by atoms with Crippen LogP contribution in [0.1, 0.15) is 21.6 Å². The van der Waals surface area contributed by atoms with E-state index in [0.717, 1.165) is 16.7 Å². The van der Waals surface area contributed by atoms with E-state index in [2.05, 4.69) is 26.2 Å². The molecule has 0 unspecified atom stereocenters. The van der Waals surface area contributed by atoms with Crippen molar-refractivity contribution in [2.75, 3.05) is 5.32 Å². The summed E-state index contributed by atoms with van der Waals surface area (Å²) in [5.74, 6) is -0.633. The van der Waals surface area contributed by atoms with E-state index in [1.165, 1.54) is 24.3 Å². The Balaban J connectivity index is 1.75. The number of anilines is 1. The van der Waals surface area contributed by atoms with E-state index < -0.39 is 0 Å². The monoisotopic (exact) mass is 453 g/mol. The van der Waals surface area contributed by atoms with Crippen LogP contribution in [-0.2, 0) is 6.61 Å². The quantitative estimate of drug-likeness (QED) is 0.459. The highest BCUT2D eigenvalue weighted by molar-refractivity contribution is 9.10. The predicted molar refractivity (Wildman–Crippen MR) is 113 cm³/mol. The van der Waals surface area contributed by atoms with Crippen LogP contribution in [0.3, 0.4) is 0 Å². The van der Waals surface area contributed by atoms with Crippen molar-refractivity contribution in [2.24, 2.45) is 0 Å². The van der Waals surface area contributed by atoms with Crippen molar-refractivity contribution >= 4 is 33.2 Å². The van der Waals surface area contributed by atoms with Gasteiger partial charge in [0, 0.05) is 23.0 Å². The number of aliphatic hydroxyl groups is 1. The minimum atomic E-state index is -0.359. The molecular weight excluding hydrogens is 437 g/mol. The van der Waals surface area contributed by atoms with Crippen LogP contribution in [0.4, 0.5) is 10.1 Å². The number of fused-ring (bicyclic) bond motifs is 1. The predicted octanol–water partition coefficient (Wildman–Crippen LogP) is 4.96. The third kappa shape index (κ3) is 3.66. The number of hydrogen-bond donors (Lipinski definition) is 2. The van der Waals surface area contributed by atoms with Crippen molar-refractivity contribution in [2.45, 2.75) is 13.5 Å². The number of imidazole rings is 1. The van der Waals surface area contributed by atoms with Gasteiger partial charge in [0.25, 0.3) is 5.91 Å². The Labute approximate surface area is 175 Å². The molecule has 0 atom stereocenters. The molecule has 0 aliphatic carbocycles. The molecule has 29 heavy (non-hydrogen) atoms. The summed E-state index contributed by atoms with van der Waals surface area (Å²) in [4.78, 5) is 17.3. The van der Waals surface area contributed by atoms with Gasteiger partial charge in [-0.25, -0.2) is 9.37 Å². The Morgan fingerprint density at radius 1 is 1.21 bits per heavy atom. The second kappa shape index (κ2) is 7.77. The average Bonchev–Trinajstić information content (AvgIpc) is 3.06. The smallest absolute Gasteiger partial charge is 0.255 e. The Bertz CT molecular complexity index is 1220. The number of pyridine rings is 1. The minimum Gasteiger partial charge on any atom is -0.390 e. The average molecular weight is 454 g/mol. The Kier molecular flexibility index (Phi) is 5.17. The molecule has 4 rings (SSSR count). The van der Waals surface area contributed by atoms with Gasteiger partial charge in [-0.15, -0.1) is 0 Å². The highest BCUT2D eigenvalue weighted by atomic mass is 79.9. The lowest BCUT2D eigenvalue weighted by Gasteiger charge is -2.11. The summed E-state index contributed by atoms with van der Waals surface area (Å²) in [6.07, 6.45) is 1.85. The number of nitrogens with zero attached hydrogens (tertiary/aromatic N) is 2. The maximum Gasteiger partial charge on any atom is 0.255 e. The van der Waals surface area contributed by atoms with Crippen LogP contribution >= 0.6 is 15.9 Å². The summed E-state index contributed by atoms with van der Waals surface area (Å²) in [7, 11) is 0. The summed E-state index contributed by atoms with van der Waals surface area (Å²) in [5.41, 5.74) is 4.74. The summed E-state index contributed by atoms with van der Waals surface area (Å²) in [6, 6.07) is 15.1. The van der Waals surface area contributed by atoms with Crippen LogP contribution < -0.4 is 5.32 Å². The normalized spacial score (nSPS) is 11.0. The molecule has 2 aromatic heterocycles. The molecule has 4 aromatic rings. The van der Waals surface area contributed by atoms with Crippen LogP contribution in [0.25, 0.3) is 16.8 Å². The first kappa shape index (κ1) is 19.3. The first-order valence-corrected chi connectivity index (χ1v) is 9.71. The van der Waals surface area contributed by atoms with Gasteiger partial charge in [0.1, 0.15) is 16.1 Å². The molecule has 0 aliphatic heterocycles. The van der Waals surface area contributed by atoms with Gasteiger partial charge in [0.05, 0.1) is 12.3 Å². The van der Waals surface area contributed by atoms with Gasteiger partial charge >= 0.3 is 0 Å². The SMILES string of the molecule is Cc1ccc(-c2cccn3c(Br)c(CO)nc23)cc1C(=O)Nc1ccc(F)cc1. The number of aliphatic hydroxyl groups excluding tert-OH is 1.